The number of Topliss-reactive ketones (excluding diaryl/α,β-unsaturated/α-hetero) is 2. The number of benzene rings is 4. The summed E-state index contributed by atoms with van der Waals surface area (Å²) in [5, 5.41) is 26.1. The number of aromatic carboxylic acids is 1. The first-order valence-electron chi connectivity index (χ1n) is 27.0. The van der Waals surface area contributed by atoms with Gasteiger partial charge in [0, 0.05) is 85.9 Å². The molecule has 0 aliphatic carbocycles. The maximum absolute atomic E-state index is 14.2. The standard InChI is InChI=1S/C29H31ClF3N5O4.C24H24ClFN4O5.C5H9F2N/c1-17(2)37(14-24(40)34-13-20-6-4-7-22(30)26(20)31)25(41)15-38-23-9-8-19(12-21(23)27(35-38)18(3)39)28(42)36-11-5-10-29(32,33)16-36;1-13(2)29(11-20(32)27-10-16-5-4-6-18(25)22(16)26)21(33)12-30-19-8-7-15(24(34)35)9-17(19)23(28-30)14(3)31;6-5(7)2-1-3-8-4-5/h4,6-9,12,17H,5,10-11,13-16H2,1-3H3,(H,34,40);4-9,13H,10-12H2,1-3H3,(H,27,32)(H,34,35);8H,1-4H2. The second-order valence-corrected chi connectivity index (χ2v) is 21.7. The molecule has 0 bridgehead atoms. The van der Waals surface area contributed by atoms with Gasteiger partial charge < -0.3 is 35.8 Å². The summed E-state index contributed by atoms with van der Waals surface area (Å²) in [5.74, 6) is -11.1. The minimum absolute atomic E-state index is 0.0116. The van der Waals surface area contributed by atoms with Crippen molar-refractivity contribution in [2.45, 2.75) is 117 Å². The predicted octanol–water partition coefficient (Wildman–Crippen LogP) is 8.74. The minimum atomic E-state index is -2.96. The lowest BCUT2D eigenvalue weighted by Crippen LogP contribution is -2.45. The lowest BCUT2D eigenvalue weighted by atomic mass is 10.0. The number of likely N-dealkylation sites (tertiary alicyclic amines) is 1. The number of nitrogens with one attached hydrogen (secondary N) is 3. The quantitative estimate of drug-likeness (QED) is 0.0467. The molecule has 19 nitrogen and oxygen atoms in total. The molecular weight excluding hydrogens is 1170 g/mol. The molecular formula is C58H64Cl2F6N10O9. The van der Waals surface area contributed by atoms with Gasteiger partial charge in [-0.25, -0.2) is 31.1 Å². The molecule has 2 aliphatic rings. The van der Waals surface area contributed by atoms with Crippen LogP contribution in [0, 0.1) is 11.6 Å². The fourth-order valence-electron chi connectivity index (χ4n) is 9.27. The highest BCUT2D eigenvalue weighted by Crippen LogP contribution is 2.30. The topological polar surface area (TPSA) is 238 Å². The number of carbonyl (C=O) groups excluding carboxylic acids is 7. The number of halogens is 8. The Balaban J connectivity index is 0.000000243. The Kier molecular flexibility index (Phi) is 22.4. The summed E-state index contributed by atoms with van der Waals surface area (Å²) in [6.07, 6.45) is 0.565. The zero-order chi connectivity index (χ0) is 62.7. The molecule has 4 heterocycles. The van der Waals surface area contributed by atoms with Crippen LogP contribution in [0.2, 0.25) is 10.0 Å². The highest BCUT2D eigenvalue weighted by atomic mass is 35.5. The van der Waals surface area contributed by atoms with Crippen LogP contribution in [-0.2, 0) is 45.4 Å². The van der Waals surface area contributed by atoms with Crippen molar-refractivity contribution in [2.75, 3.05) is 39.3 Å². The fraction of sp³-hybridized carbons (Fsp3) is 0.414. The van der Waals surface area contributed by atoms with Crippen LogP contribution >= 0.6 is 23.2 Å². The molecule has 8 rings (SSSR count). The minimum Gasteiger partial charge on any atom is -0.478 e. The van der Waals surface area contributed by atoms with E-state index < -0.39 is 71.3 Å². The van der Waals surface area contributed by atoms with Crippen molar-refractivity contribution in [3.8, 4) is 0 Å². The largest absolute Gasteiger partial charge is 0.478 e. The maximum atomic E-state index is 14.2. The van der Waals surface area contributed by atoms with Crippen molar-refractivity contribution in [3.63, 3.8) is 0 Å². The summed E-state index contributed by atoms with van der Waals surface area (Å²) in [7, 11) is 0. The predicted molar refractivity (Wildman–Crippen MR) is 304 cm³/mol. The molecule has 2 saturated heterocycles. The molecule has 27 heteroatoms. The monoisotopic (exact) mass is 1230 g/mol. The molecule has 0 saturated carbocycles. The summed E-state index contributed by atoms with van der Waals surface area (Å²) in [6, 6.07) is 16.8. The van der Waals surface area contributed by atoms with Gasteiger partial charge in [-0.05, 0) is 95.6 Å². The van der Waals surface area contributed by atoms with Crippen LogP contribution in [0.3, 0.4) is 0 Å². The van der Waals surface area contributed by atoms with E-state index >= 15 is 0 Å². The van der Waals surface area contributed by atoms with E-state index in [2.05, 4.69) is 26.1 Å². The van der Waals surface area contributed by atoms with Gasteiger partial charge >= 0.3 is 5.97 Å². The van der Waals surface area contributed by atoms with E-state index in [0.717, 1.165) is 11.4 Å². The Labute approximate surface area is 494 Å². The number of carboxylic acid groups (broad SMARTS) is 1. The number of carbonyl (C=O) groups is 8. The summed E-state index contributed by atoms with van der Waals surface area (Å²) in [6.45, 7) is 8.28. The Bertz CT molecular complexity index is 3500. The fourth-order valence-corrected chi connectivity index (χ4v) is 9.66. The molecule has 0 unspecified atom stereocenters. The smallest absolute Gasteiger partial charge is 0.335 e. The second-order valence-electron chi connectivity index (χ2n) is 20.9. The lowest BCUT2D eigenvalue weighted by Gasteiger charge is -2.32. The lowest BCUT2D eigenvalue weighted by molar-refractivity contribution is -0.138. The van der Waals surface area contributed by atoms with Gasteiger partial charge in [0.05, 0.1) is 52.8 Å². The Morgan fingerprint density at radius 2 is 1.11 bits per heavy atom. The molecule has 0 spiro atoms. The third-order valence-electron chi connectivity index (χ3n) is 13.7. The van der Waals surface area contributed by atoms with E-state index in [1.54, 1.807) is 39.8 Å². The number of carboxylic acids is 1. The highest BCUT2D eigenvalue weighted by molar-refractivity contribution is 6.31. The van der Waals surface area contributed by atoms with E-state index in [-0.39, 0.29) is 133 Å². The van der Waals surface area contributed by atoms with Gasteiger partial charge in [0.2, 0.25) is 23.6 Å². The van der Waals surface area contributed by atoms with E-state index in [1.807, 2.05) is 0 Å². The molecule has 5 amide bonds. The number of piperidine rings is 2. The summed E-state index contributed by atoms with van der Waals surface area (Å²) in [4.78, 5) is 104. The van der Waals surface area contributed by atoms with Crippen LogP contribution in [-0.4, -0.2) is 150 Å². The molecule has 85 heavy (non-hydrogen) atoms. The second kappa shape index (κ2) is 28.8. The molecule has 4 N–H and O–H groups in total. The number of alkyl halides is 4. The van der Waals surface area contributed by atoms with Crippen molar-refractivity contribution in [3.05, 3.63) is 128 Å². The Morgan fingerprint density at radius 3 is 1.49 bits per heavy atom. The number of hydrogen-bond acceptors (Lipinski definition) is 11. The molecule has 0 atom stereocenters. The first kappa shape index (κ1) is 66.2. The van der Waals surface area contributed by atoms with Crippen LogP contribution in [0.4, 0.5) is 26.3 Å². The van der Waals surface area contributed by atoms with Gasteiger partial charge in [0.15, 0.2) is 11.6 Å². The zero-order valence-electron chi connectivity index (χ0n) is 47.3. The molecule has 4 aromatic carbocycles. The average Bonchev–Trinajstić information content (AvgIpc) is 2.24. The molecule has 0 radical (unpaired) electrons. The van der Waals surface area contributed by atoms with Crippen LogP contribution in [0.1, 0.15) is 120 Å². The Hall–Kier alpha value is -7.90. The first-order valence-corrected chi connectivity index (χ1v) is 27.7. The zero-order valence-corrected chi connectivity index (χ0v) is 48.9. The summed E-state index contributed by atoms with van der Waals surface area (Å²) < 4.78 is 82.9. The van der Waals surface area contributed by atoms with Gasteiger partial charge in [-0.2, -0.15) is 10.2 Å². The maximum Gasteiger partial charge on any atom is 0.335 e. The van der Waals surface area contributed by atoms with Crippen LogP contribution in [0.15, 0.2) is 72.8 Å². The summed E-state index contributed by atoms with van der Waals surface area (Å²) >= 11 is 11.6. The third-order valence-corrected chi connectivity index (χ3v) is 14.3. The molecule has 2 fully saturated rings. The van der Waals surface area contributed by atoms with Crippen molar-refractivity contribution in [1.82, 2.24) is 50.2 Å². The number of aromatic nitrogens is 4. The molecule has 2 aromatic heterocycles. The van der Waals surface area contributed by atoms with Crippen LogP contribution < -0.4 is 16.0 Å². The van der Waals surface area contributed by atoms with Crippen molar-refractivity contribution in [2.24, 2.45) is 0 Å². The van der Waals surface area contributed by atoms with Crippen molar-refractivity contribution >= 4 is 92.1 Å². The highest BCUT2D eigenvalue weighted by Gasteiger charge is 2.38. The van der Waals surface area contributed by atoms with Crippen molar-refractivity contribution < 1.29 is 69.8 Å². The van der Waals surface area contributed by atoms with Gasteiger partial charge in [-0.15, -0.1) is 0 Å². The number of hydrogen-bond donors (Lipinski definition) is 4. The van der Waals surface area contributed by atoms with Crippen LogP contribution in [0.25, 0.3) is 21.8 Å². The van der Waals surface area contributed by atoms with E-state index in [4.69, 9.17) is 23.2 Å². The van der Waals surface area contributed by atoms with Crippen LogP contribution in [0.5, 0.6) is 0 Å². The van der Waals surface area contributed by atoms with Gasteiger partial charge in [-0.3, -0.25) is 42.9 Å². The molecule has 6 aromatic rings. The van der Waals surface area contributed by atoms with Gasteiger partial charge in [0.1, 0.15) is 36.1 Å². The average molecular weight is 1230 g/mol. The van der Waals surface area contributed by atoms with Gasteiger partial charge in [-0.1, -0.05) is 47.5 Å². The normalized spacial score (nSPS) is 14.4. The molecule has 2 aliphatic heterocycles. The van der Waals surface area contributed by atoms with E-state index in [0.29, 0.717) is 28.2 Å². The van der Waals surface area contributed by atoms with E-state index in [9.17, 15) is 69.8 Å². The number of ketones is 2. The number of rotatable bonds is 18. The SMILES string of the molecule is CC(=O)c1nn(CC(=O)N(CC(=O)NCc2cccc(Cl)c2F)C(C)C)c2ccc(C(=O)N3CCCC(F)(F)C3)cc12.CC(=O)c1nn(CC(=O)N(CC(=O)NCc2cccc(Cl)c2F)C(C)C)c2ccc(C(=O)O)cc12.FC1(F)CCCNC1. The first-order chi connectivity index (χ1) is 40.0. The number of fused-ring (bicyclic) bond motifs is 2. The van der Waals surface area contributed by atoms with Gasteiger partial charge in [0.25, 0.3) is 17.8 Å². The third kappa shape index (κ3) is 17.6. The summed E-state index contributed by atoms with van der Waals surface area (Å²) in [5.41, 5.74) is 1.41. The van der Waals surface area contributed by atoms with E-state index in [1.165, 1.54) is 93.7 Å². The number of amides is 5. The molecule has 456 valence electrons. The van der Waals surface area contributed by atoms with Crippen molar-refractivity contribution in [1.29, 1.82) is 0 Å². The number of nitrogens with zero attached hydrogens (tertiary/aromatic N) is 7. The Morgan fingerprint density at radius 1 is 0.659 bits per heavy atom.